The molecular formula is C26H34Cl2N4O4S. The maximum absolute atomic E-state index is 13.9. The summed E-state index contributed by atoms with van der Waals surface area (Å²) in [5.41, 5.74) is 0.950. The van der Waals surface area contributed by atoms with Gasteiger partial charge < -0.3 is 10.2 Å². The minimum Gasteiger partial charge on any atom is -0.352 e. The molecule has 2 amide bonds. The second-order valence-corrected chi connectivity index (χ2v) is 12.2. The van der Waals surface area contributed by atoms with Crippen LogP contribution in [0.4, 0.5) is 5.69 Å². The van der Waals surface area contributed by atoms with Gasteiger partial charge in [-0.25, -0.2) is 4.31 Å². The molecule has 0 bridgehead atoms. The first-order chi connectivity index (χ1) is 17.5. The lowest BCUT2D eigenvalue weighted by Gasteiger charge is -2.34. The molecule has 1 aliphatic rings. The van der Waals surface area contributed by atoms with E-state index in [2.05, 4.69) is 5.32 Å². The zero-order valence-electron chi connectivity index (χ0n) is 21.4. The van der Waals surface area contributed by atoms with Gasteiger partial charge in [-0.05, 0) is 49.1 Å². The Morgan fingerprint density at radius 2 is 1.70 bits per heavy atom. The first-order valence-electron chi connectivity index (χ1n) is 12.3. The number of halogens is 2. The predicted octanol–water partition coefficient (Wildman–Crippen LogP) is 4.47. The maximum Gasteiger partial charge on any atom is 0.304 e. The van der Waals surface area contributed by atoms with E-state index >= 15 is 0 Å². The first kappa shape index (κ1) is 29.2. The number of para-hydroxylation sites is 1. The average molecular weight is 570 g/mol. The monoisotopic (exact) mass is 568 g/mol. The Morgan fingerprint density at radius 3 is 2.27 bits per heavy atom. The van der Waals surface area contributed by atoms with Crippen LogP contribution in [-0.4, -0.2) is 62.2 Å². The molecule has 37 heavy (non-hydrogen) atoms. The zero-order chi connectivity index (χ0) is 27.2. The topological polar surface area (TPSA) is 90.0 Å². The summed E-state index contributed by atoms with van der Waals surface area (Å²) in [5.74, 6) is -0.775. The van der Waals surface area contributed by atoms with Gasteiger partial charge in [0.25, 0.3) is 0 Å². The number of anilines is 1. The van der Waals surface area contributed by atoms with E-state index in [0.717, 1.165) is 34.3 Å². The minimum atomic E-state index is -4.00. The lowest BCUT2D eigenvalue weighted by atomic mass is 10.1. The number of carbonyl (C=O) groups is 2. The summed E-state index contributed by atoms with van der Waals surface area (Å²) in [7, 11) is -1.19. The maximum atomic E-state index is 13.9. The van der Waals surface area contributed by atoms with E-state index in [0.29, 0.717) is 27.7 Å². The molecule has 2 aromatic carbocycles. The minimum absolute atomic E-state index is 0.0239. The van der Waals surface area contributed by atoms with Gasteiger partial charge in [-0.1, -0.05) is 67.2 Å². The molecule has 1 fully saturated rings. The van der Waals surface area contributed by atoms with Crippen LogP contribution in [0.3, 0.4) is 0 Å². The molecular weight excluding hydrogens is 535 g/mol. The number of amides is 2. The highest BCUT2D eigenvalue weighted by Gasteiger charge is 2.34. The molecule has 1 saturated carbocycles. The standard InChI is InChI=1S/C26H34Cl2N4O4S/c1-4-24(26(34)29-21-10-8-9-11-21)31(17-19-14-15-20(27)16-23(19)28)25(33)18-32(37(35,36)30(2)3)22-12-6-5-7-13-22/h5-7,12-16,21,24H,4,8-11,17-18H2,1-3H3,(H,29,34)/t24-/m1/s1. The normalized spacial score (nSPS) is 15.0. The molecule has 202 valence electrons. The first-order valence-corrected chi connectivity index (χ1v) is 14.5. The molecule has 11 heteroatoms. The van der Waals surface area contributed by atoms with Crippen molar-refractivity contribution >= 4 is 50.9 Å². The SMILES string of the molecule is CC[C@H](C(=O)NC1CCCC1)N(Cc1ccc(Cl)cc1Cl)C(=O)CN(c1ccccc1)S(=O)(=O)N(C)C. The highest BCUT2D eigenvalue weighted by Crippen LogP contribution is 2.26. The predicted molar refractivity (Wildman–Crippen MR) is 148 cm³/mol. The van der Waals surface area contributed by atoms with Gasteiger partial charge in [0.1, 0.15) is 12.6 Å². The quantitative estimate of drug-likeness (QED) is 0.433. The summed E-state index contributed by atoms with van der Waals surface area (Å²) in [6, 6.07) is 12.6. The molecule has 0 saturated heterocycles. The van der Waals surface area contributed by atoms with Gasteiger partial charge in [0.15, 0.2) is 0 Å². The van der Waals surface area contributed by atoms with E-state index in [4.69, 9.17) is 23.2 Å². The van der Waals surface area contributed by atoms with E-state index < -0.39 is 28.7 Å². The molecule has 1 N–H and O–H groups in total. The fourth-order valence-corrected chi connectivity index (χ4v) is 5.96. The van der Waals surface area contributed by atoms with Crippen molar-refractivity contribution in [2.75, 3.05) is 24.9 Å². The molecule has 0 unspecified atom stereocenters. The molecule has 0 aromatic heterocycles. The van der Waals surface area contributed by atoms with Gasteiger partial charge in [-0.15, -0.1) is 0 Å². The number of nitrogens with one attached hydrogen (secondary N) is 1. The Balaban J connectivity index is 1.97. The van der Waals surface area contributed by atoms with Crippen molar-refractivity contribution in [2.24, 2.45) is 0 Å². The highest BCUT2D eigenvalue weighted by molar-refractivity contribution is 7.90. The van der Waals surface area contributed by atoms with Crippen LogP contribution in [0.15, 0.2) is 48.5 Å². The van der Waals surface area contributed by atoms with Crippen molar-refractivity contribution < 1.29 is 18.0 Å². The molecule has 2 aromatic rings. The number of carbonyl (C=O) groups excluding carboxylic acids is 2. The smallest absolute Gasteiger partial charge is 0.304 e. The van der Waals surface area contributed by atoms with Crippen molar-refractivity contribution in [1.29, 1.82) is 0 Å². The second kappa shape index (κ2) is 13.0. The van der Waals surface area contributed by atoms with Crippen LogP contribution in [-0.2, 0) is 26.3 Å². The Bertz CT molecular complexity index is 1190. The summed E-state index contributed by atoms with van der Waals surface area (Å²) < 4.78 is 28.5. The highest BCUT2D eigenvalue weighted by atomic mass is 35.5. The second-order valence-electron chi connectivity index (χ2n) is 9.30. The number of hydrogen-bond donors (Lipinski definition) is 1. The van der Waals surface area contributed by atoms with Crippen molar-refractivity contribution in [3.05, 3.63) is 64.1 Å². The molecule has 8 nitrogen and oxygen atoms in total. The van der Waals surface area contributed by atoms with Crippen LogP contribution in [0.5, 0.6) is 0 Å². The fraction of sp³-hybridized carbons (Fsp3) is 0.462. The molecule has 1 aliphatic carbocycles. The van der Waals surface area contributed by atoms with Crippen molar-refractivity contribution in [2.45, 2.75) is 57.7 Å². The van der Waals surface area contributed by atoms with Gasteiger partial charge in [-0.2, -0.15) is 12.7 Å². The van der Waals surface area contributed by atoms with E-state index in [9.17, 15) is 18.0 Å². The molecule has 0 aliphatic heterocycles. The molecule has 0 spiro atoms. The summed E-state index contributed by atoms with van der Waals surface area (Å²) in [6.45, 7) is 1.37. The van der Waals surface area contributed by atoms with Gasteiger partial charge in [-0.3, -0.25) is 9.59 Å². The number of benzene rings is 2. The van der Waals surface area contributed by atoms with Crippen LogP contribution < -0.4 is 9.62 Å². The summed E-state index contributed by atoms with van der Waals surface area (Å²) >= 11 is 12.5. The third-order valence-electron chi connectivity index (χ3n) is 6.51. The van der Waals surface area contributed by atoms with E-state index in [1.54, 1.807) is 48.5 Å². The Labute approximate surface area is 229 Å². The Kier molecular flexibility index (Phi) is 10.2. The Morgan fingerprint density at radius 1 is 1.05 bits per heavy atom. The molecule has 3 rings (SSSR count). The van der Waals surface area contributed by atoms with Gasteiger partial charge in [0.2, 0.25) is 11.8 Å². The molecule has 1 atom stereocenters. The summed E-state index contributed by atoms with van der Waals surface area (Å²) in [6.07, 6.45) is 4.27. The third-order valence-corrected chi connectivity index (χ3v) is 8.91. The van der Waals surface area contributed by atoms with Crippen LogP contribution in [0.1, 0.15) is 44.6 Å². The van der Waals surface area contributed by atoms with E-state index in [1.807, 2.05) is 6.92 Å². The third kappa shape index (κ3) is 7.37. The van der Waals surface area contributed by atoms with Crippen molar-refractivity contribution in [3.8, 4) is 0 Å². The van der Waals surface area contributed by atoms with Crippen molar-refractivity contribution in [1.82, 2.24) is 14.5 Å². The van der Waals surface area contributed by atoms with Gasteiger partial charge >= 0.3 is 10.2 Å². The summed E-state index contributed by atoms with van der Waals surface area (Å²) in [5, 5.41) is 3.89. The fourth-order valence-electron chi connectivity index (χ4n) is 4.43. The number of rotatable bonds is 11. The van der Waals surface area contributed by atoms with Crippen LogP contribution in [0.2, 0.25) is 10.0 Å². The summed E-state index contributed by atoms with van der Waals surface area (Å²) in [4.78, 5) is 28.7. The molecule has 0 radical (unpaired) electrons. The average Bonchev–Trinajstić information content (AvgIpc) is 3.36. The van der Waals surface area contributed by atoms with Crippen LogP contribution in [0.25, 0.3) is 0 Å². The lowest BCUT2D eigenvalue weighted by molar-refractivity contribution is -0.140. The lowest BCUT2D eigenvalue weighted by Crippen LogP contribution is -2.54. The molecule has 0 heterocycles. The van der Waals surface area contributed by atoms with Crippen LogP contribution >= 0.6 is 23.2 Å². The largest absolute Gasteiger partial charge is 0.352 e. The van der Waals surface area contributed by atoms with Crippen molar-refractivity contribution in [3.63, 3.8) is 0 Å². The van der Waals surface area contributed by atoms with Crippen LogP contribution in [0, 0.1) is 0 Å². The van der Waals surface area contributed by atoms with Gasteiger partial charge in [0, 0.05) is 36.7 Å². The zero-order valence-corrected chi connectivity index (χ0v) is 23.7. The van der Waals surface area contributed by atoms with Gasteiger partial charge in [0.05, 0.1) is 5.69 Å². The number of nitrogens with zero attached hydrogens (tertiary/aromatic N) is 3. The van der Waals surface area contributed by atoms with E-state index in [-0.39, 0.29) is 18.5 Å². The Hall–Kier alpha value is -2.33. The van der Waals surface area contributed by atoms with E-state index in [1.165, 1.54) is 19.0 Å². The number of hydrogen-bond acceptors (Lipinski definition) is 4.